The third-order valence-corrected chi connectivity index (χ3v) is 3.03. The van der Waals surface area contributed by atoms with E-state index in [0.717, 1.165) is 12.8 Å². The van der Waals surface area contributed by atoms with E-state index in [4.69, 9.17) is 0 Å². The minimum Gasteiger partial charge on any atom is -0.391 e. The molecule has 1 rings (SSSR count). The minimum atomic E-state index is -0.0915. The van der Waals surface area contributed by atoms with Crippen LogP contribution in [0.25, 0.3) is 0 Å². The zero-order chi connectivity index (χ0) is 9.14. The number of likely N-dealkylation sites (N-methyl/N-ethyl adjacent to an activating group) is 1. The Bertz CT molecular complexity index is 136. The molecule has 2 heteroatoms. The fourth-order valence-corrected chi connectivity index (χ4v) is 1.95. The van der Waals surface area contributed by atoms with Gasteiger partial charge < -0.3 is 5.11 Å². The molecule has 0 radical (unpaired) electrons. The first kappa shape index (κ1) is 10.0. The van der Waals surface area contributed by atoms with E-state index in [9.17, 15) is 5.11 Å². The topological polar surface area (TPSA) is 23.5 Å². The summed E-state index contributed by atoms with van der Waals surface area (Å²) in [6.07, 6.45) is 4.53. The van der Waals surface area contributed by atoms with Gasteiger partial charge in [0, 0.05) is 12.1 Å². The summed E-state index contributed by atoms with van der Waals surface area (Å²) < 4.78 is 0. The van der Waals surface area contributed by atoms with E-state index in [2.05, 4.69) is 25.8 Å². The van der Waals surface area contributed by atoms with Crippen LogP contribution in [0.5, 0.6) is 0 Å². The Morgan fingerprint density at radius 1 is 1.25 bits per heavy atom. The molecule has 0 bridgehead atoms. The quantitative estimate of drug-likeness (QED) is 0.682. The third kappa shape index (κ3) is 2.20. The lowest BCUT2D eigenvalue weighted by atomic mass is 9.91. The fraction of sp³-hybridized carbons (Fsp3) is 1.00. The molecule has 0 aromatic carbocycles. The lowest BCUT2D eigenvalue weighted by molar-refractivity contribution is 0.0192. The summed E-state index contributed by atoms with van der Waals surface area (Å²) in [5.41, 5.74) is 0. The second-order valence-corrected chi connectivity index (χ2v) is 4.18. The van der Waals surface area contributed by atoms with Crippen LogP contribution < -0.4 is 0 Å². The molecule has 0 heterocycles. The summed E-state index contributed by atoms with van der Waals surface area (Å²) >= 11 is 0. The molecule has 2 atom stereocenters. The lowest BCUT2D eigenvalue weighted by Crippen LogP contribution is -2.46. The lowest BCUT2D eigenvalue weighted by Gasteiger charge is -2.37. The van der Waals surface area contributed by atoms with Gasteiger partial charge in [-0.15, -0.1) is 0 Å². The number of rotatable bonds is 2. The van der Waals surface area contributed by atoms with Gasteiger partial charge in [0.15, 0.2) is 0 Å². The van der Waals surface area contributed by atoms with Crippen molar-refractivity contribution < 1.29 is 5.11 Å². The number of hydrogen-bond donors (Lipinski definition) is 1. The molecule has 1 N–H and O–H groups in total. The Morgan fingerprint density at radius 2 is 1.83 bits per heavy atom. The molecule has 12 heavy (non-hydrogen) atoms. The highest BCUT2D eigenvalue weighted by molar-refractivity contribution is 4.82. The highest BCUT2D eigenvalue weighted by Gasteiger charge is 2.27. The van der Waals surface area contributed by atoms with Crippen LogP contribution in [0.2, 0.25) is 0 Å². The van der Waals surface area contributed by atoms with E-state index in [1.54, 1.807) is 0 Å². The molecular weight excluding hydrogens is 150 g/mol. The molecule has 0 aromatic heterocycles. The van der Waals surface area contributed by atoms with Gasteiger partial charge in [0.25, 0.3) is 0 Å². The van der Waals surface area contributed by atoms with E-state index in [1.807, 2.05) is 0 Å². The van der Waals surface area contributed by atoms with Gasteiger partial charge in [-0.1, -0.05) is 12.8 Å². The molecule has 0 saturated heterocycles. The third-order valence-electron chi connectivity index (χ3n) is 3.03. The normalized spacial score (nSPS) is 31.5. The van der Waals surface area contributed by atoms with Gasteiger partial charge in [-0.25, -0.2) is 0 Å². The van der Waals surface area contributed by atoms with Crippen molar-refractivity contribution in [2.75, 3.05) is 7.05 Å². The molecule has 0 spiro atoms. The van der Waals surface area contributed by atoms with Gasteiger partial charge in [-0.05, 0) is 33.7 Å². The summed E-state index contributed by atoms with van der Waals surface area (Å²) in [5.74, 6) is 0. The minimum absolute atomic E-state index is 0.0915. The number of hydrogen-bond acceptors (Lipinski definition) is 2. The largest absolute Gasteiger partial charge is 0.391 e. The summed E-state index contributed by atoms with van der Waals surface area (Å²) in [6.45, 7) is 4.36. The van der Waals surface area contributed by atoms with Gasteiger partial charge in [-0.2, -0.15) is 0 Å². The van der Waals surface area contributed by atoms with E-state index < -0.39 is 0 Å². The molecule has 1 aliphatic rings. The van der Waals surface area contributed by atoms with Crippen LogP contribution in [-0.2, 0) is 0 Å². The predicted octanol–water partition coefficient (Wildman–Crippen LogP) is 1.63. The maximum absolute atomic E-state index is 9.75. The molecule has 1 aliphatic carbocycles. The maximum atomic E-state index is 9.75. The smallest absolute Gasteiger partial charge is 0.0695 e. The molecule has 72 valence electrons. The molecule has 0 aliphatic heterocycles. The first-order chi connectivity index (χ1) is 5.63. The standard InChI is InChI=1S/C10H21NO/c1-8(2)11(3)9-6-4-5-7-10(9)12/h8-10,12H,4-7H2,1-3H3. The van der Waals surface area contributed by atoms with Crippen molar-refractivity contribution in [1.29, 1.82) is 0 Å². The first-order valence-electron chi connectivity index (χ1n) is 5.03. The van der Waals surface area contributed by atoms with Crippen LogP contribution in [0, 0.1) is 0 Å². The molecule has 1 saturated carbocycles. The average Bonchev–Trinajstić information content (AvgIpc) is 2.04. The van der Waals surface area contributed by atoms with Crippen LogP contribution in [0.1, 0.15) is 39.5 Å². The molecule has 2 nitrogen and oxygen atoms in total. The number of nitrogens with zero attached hydrogens (tertiary/aromatic N) is 1. The van der Waals surface area contributed by atoms with Gasteiger partial charge >= 0.3 is 0 Å². The second-order valence-electron chi connectivity index (χ2n) is 4.18. The highest BCUT2D eigenvalue weighted by Crippen LogP contribution is 2.23. The Kier molecular flexibility index (Phi) is 3.53. The Balaban J connectivity index is 2.47. The zero-order valence-electron chi connectivity index (χ0n) is 8.45. The monoisotopic (exact) mass is 171 g/mol. The van der Waals surface area contributed by atoms with Crippen LogP contribution >= 0.6 is 0 Å². The van der Waals surface area contributed by atoms with Crippen molar-refractivity contribution in [2.45, 2.75) is 57.7 Å². The Hall–Kier alpha value is -0.0800. The van der Waals surface area contributed by atoms with Gasteiger partial charge in [0.2, 0.25) is 0 Å². The van der Waals surface area contributed by atoms with Crippen molar-refractivity contribution >= 4 is 0 Å². The van der Waals surface area contributed by atoms with E-state index in [0.29, 0.717) is 12.1 Å². The second kappa shape index (κ2) is 4.24. The summed E-state index contributed by atoms with van der Waals surface area (Å²) in [5, 5.41) is 9.75. The van der Waals surface area contributed by atoms with Crippen molar-refractivity contribution in [3.05, 3.63) is 0 Å². The Morgan fingerprint density at radius 3 is 2.33 bits per heavy atom. The van der Waals surface area contributed by atoms with E-state index >= 15 is 0 Å². The zero-order valence-corrected chi connectivity index (χ0v) is 8.45. The predicted molar refractivity (Wildman–Crippen MR) is 51.2 cm³/mol. The molecular formula is C10H21NO. The SMILES string of the molecule is CC(C)N(C)C1CCCCC1O. The van der Waals surface area contributed by atoms with Gasteiger partial charge in [0.1, 0.15) is 0 Å². The molecule has 0 amide bonds. The fourth-order valence-electron chi connectivity index (χ4n) is 1.95. The summed E-state index contributed by atoms with van der Waals surface area (Å²) in [6, 6.07) is 0.946. The first-order valence-corrected chi connectivity index (χ1v) is 5.03. The average molecular weight is 171 g/mol. The van der Waals surface area contributed by atoms with E-state index in [1.165, 1.54) is 12.8 Å². The summed E-state index contributed by atoms with van der Waals surface area (Å²) in [7, 11) is 2.11. The van der Waals surface area contributed by atoms with Crippen LogP contribution in [0.3, 0.4) is 0 Å². The highest BCUT2D eigenvalue weighted by atomic mass is 16.3. The van der Waals surface area contributed by atoms with Gasteiger partial charge in [-0.3, -0.25) is 4.90 Å². The van der Waals surface area contributed by atoms with E-state index in [-0.39, 0.29) is 6.10 Å². The van der Waals surface area contributed by atoms with Crippen molar-refractivity contribution in [3.8, 4) is 0 Å². The number of aliphatic hydroxyl groups is 1. The van der Waals surface area contributed by atoms with Crippen LogP contribution in [0.4, 0.5) is 0 Å². The maximum Gasteiger partial charge on any atom is 0.0695 e. The molecule has 0 aromatic rings. The molecule has 2 unspecified atom stereocenters. The van der Waals surface area contributed by atoms with Crippen molar-refractivity contribution in [2.24, 2.45) is 0 Å². The van der Waals surface area contributed by atoms with Crippen LogP contribution in [0.15, 0.2) is 0 Å². The summed E-state index contributed by atoms with van der Waals surface area (Å²) in [4.78, 5) is 2.30. The van der Waals surface area contributed by atoms with Crippen molar-refractivity contribution in [3.63, 3.8) is 0 Å². The number of aliphatic hydroxyl groups excluding tert-OH is 1. The van der Waals surface area contributed by atoms with Gasteiger partial charge in [0.05, 0.1) is 6.10 Å². The van der Waals surface area contributed by atoms with Crippen LogP contribution in [-0.4, -0.2) is 35.2 Å². The Labute approximate surface area is 75.6 Å². The van der Waals surface area contributed by atoms with Crippen molar-refractivity contribution in [1.82, 2.24) is 4.90 Å². The molecule has 1 fully saturated rings.